The molecule has 136 valence electrons. The molecule has 0 unspecified atom stereocenters. The van der Waals surface area contributed by atoms with Gasteiger partial charge in [0.05, 0.1) is 0 Å². The van der Waals surface area contributed by atoms with Crippen molar-refractivity contribution in [3.63, 3.8) is 0 Å². The molecule has 26 heavy (non-hydrogen) atoms. The average Bonchev–Trinajstić information content (AvgIpc) is 2.65. The summed E-state index contributed by atoms with van der Waals surface area (Å²) in [7, 11) is 0. The Labute approximate surface area is 148 Å². The Kier molecular flexibility index (Phi) is 5.06. The lowest BCUT2D eigenvalue weighted by Gasteiger charge is -2.33. The first-order chi connectivity index (χ1) is 12.5. The minimum atomic E-state index is -0.754. The number of hydrogen-bond donors (Lipinski definition) is 1. The molecule has 0 spiro atoms. The number of nitrogens with zero attached hydrogens (tertiary/aromatic N) is 4. The van der Waals surface area contributed by atoms with Crippen LogP contribution < -0.4 is 5.32 Å². The van der Waals surface area contributed by atoms with Crippen LogP contribution in [0.25, 0.3) is 0 Å². The predicted molar refractivity (Wildman–Crippen MR) is 89.8 cm³/mol. The molecule has 3 rings (SSSR count). The summed E-state index contributed by atoms with van der Waals surface area (Å²) in [6.45, 7) is 3.27. The van der Waals surface area contributed by atoms with Crippen LogP contribution in [0, 0.1) is 11.6 Å². The van der Waals surface area contributed by atoms with Crippen molar-refractivity contribution in [1.82, 2.24) is 20.0 Å². The highest BCUT2D eigenvalue weighted by Crippen LogP contribution is 2.21. The second-order valence-corrected chi connectivity index (χ2v) is 5.82. The van der Waals surface area contributed by atoms with Crippen molar-refractivity contribution in [2.75, 3.05) is 31.5 Å². The normalized spacial score (nSPS) is 14.3. The summed E-state index contributed by atoms with van der Waals surface area (Å²) >= 11 is 0. The second-order valence-electron chi connectivity index (χ2n) is 5.82. The third kappa shape index (κ3) is 3.76. The molecular formula is C17H17F2N5O2. The van der Waals surface area contributed by atoms with Crippen molar-refractivity contribution in [3.8, 4) is 0 Å². The summed E-state index contributed by atoms with van der Waals surface area (Å²) < 4.78 is 27.3. The van der Waals surface area contributed by atoms with Gasteiger partial charge in [-0.3, -0.25) is 9.59 Å². The summed E-state index contributed by atoms with van der Waals surface area (Å²) in [5.41, 5.74) is -0.206. The van der Waals surface area contributed by atoms with Gasteiger partial charge in [-0.05, 0) is 24.3 Å². The van der Waals surface area contributed by atoms with E-state index in [9.17, 15) is 18.4 Å². The van der Waals surface area contributed by atoms with Gasteiger partial charge in [0.15, 0.2) is 11.5 Å². The van der Waals surface area contributed by atoms with Crippen LogP contribution in [0.4, 0.5) is 20.3 Å². The molecule has 1 aromatic carbocycles. The maximum Gasteiger partial charge on any atom is 0.274 e. The summed E-state index contributed by atoms with van der Waals surface area (Å²) in [5, 5.41) is 10.2. The molecule has 0 radical (unpaired) electrons. The van der Waals surface area contributed by atoms with E-state index < -0.39 is 11.6 Å². The van der Waals surface area contributed by atoms with Gasteiger partial charge in [-0.2, -0.15) is 0 Å². The minimum Gasteiger partial charge on any atom is -0.339 e. The number of piperazine rings is 1. The second kappa shape index (κ2) is 7.42. The van der Waals surface area contributed by atoms with Crippen molar-refractivity contribution in [1.29, 1.82) is 0 Å². The maximum atomic E-state index is 13.6. The van der Waals surface area contributed by atoms with Crippen LogP contribution in [-0.4, -0.2) is 58.0 Å². The van der Waals surface area contributed by atoms with Crippen molar-refractivity contribution in [2.45, 2.75) is 6.92 Å². The fourth-order valence-corrected chi connectivity index (χ4v) is 2.64. The number of carbonyl (C=O) groups is 2. The number of benzene rings is 1. The molecule has 0 aliphatic carbocycles. The Hall–Kier alpha value is -3.10. The Morgan fingerprint density at radius 2 is 1.58 bits per heavy atom. The zero-order valence-corrected chi connectivity index (χ0v) is 14.1. The molecule has 1 fully saturated rings. The third-order valence-electron chi connectivity index (χ3n) is 4.11. The van der Waals surface area contributed by atoms with Crippen LogP contribution in [0.5, 0.6) is 0 Å². The number of hydrogen-bond acceptors (Lipinski definition) is 5. The Balaban J connectivity index is 1.66. The maximum absolute atomic E-state index is 13.6. The van der Waals surface area contributed by atoms with Crippen molar-refractivity contribution in [2.24, 2.45) is 0 Å². The summed E-state index contributed by atoms with van der Waals surface area (Å²) in [6.07, 6.45) is 0. The molecule has 0 atom stereocenters. The number of anilines is 2. The molecule has 1 aliphatic rings. The van der Waals surface area contributed by atoms with E-state index in [0.717, 1.165) is 12.1 Å². The van der Waals surface area contributed by atoms with E-state index in [2.05, 4.69) is 15.5 Å². The number of para-hydroxylation sites is 1. The fourth-order valence-electron chi connectivity index (χ4n) is 2.64. The molecule has 7 nitrogen and oxygen atoms in total. The van der Waals surface area contributed by atoms with Gasteiger partial charge in [-0.15, -0.1) is 10.2 Å². The van der Waals surface area contributed by atoms with Gasteiger partial charge in [0.25, 0.3) is 5.91 Å². The van der Waals surface area contributed by atoms with E-state index in [1.165, 1.54) is 25.1 Å². The Morgan fingerprint density at radius 1 is 0.962 bits per heavy atom. The first-order valence-corrected chi connectivity index (χ1v) is 8.05. The molecular weight excluding hydrogens is 344 g/mol. The van der Waals surface area contributed by atoms with Gasteiger partial charge in [-0.25, -0.2) is 8.78 Å². The Bertz CT molecular complexity index is 800. The van der Waals surface area contributed by atoms with Crippen molar-refractivity contribution < 1.29 is 18.4 Å². The number of halogens is 2. The van der Waals surface area contributed by atoms with Gasteiger partial charge >= 0.3 is 0 Å². The fraction of sp³-hybridized carbons (Fsp3) is 0.294. The SMILES string of the molecule is CC(=O)N1CCN(C(=O)c2ccc(Nc3c(F)cccc3F)nn2)CC1. The third-order valence-corrected chi connectivity index (χ3v) is 4.11. The molecule has 0 bridgehead atoms. The van der Waals surface area contributed by atoms with E-state index in [-0.39, 0.29) is 29.0 Å². The van der Waals surface area contributed by atoms with Crippen LogP contribution in [0.1, 0.15) is 17.4 Å². The van der Waals surface area contributed by atoms with Gasteiger partial charge in [0.1, 0.15) is 17.3 Å². The summed E-state index contributed by atoms with van der Waals surface area (Å²) in [6, 6.07) is 6.37. The topological polar surface area (TPSA) is 78.4 Å². The largest absolute Gasteiger partial charge is 0.339 e. The summed E-state index contributed by atoms with van der Waals surface area (Å²) in [4.78, 5) is 27.0. The molecule has 2 amide bonds. The Morgan fingerprint density at radius 3 is 2.12 bits per heavy atom. The number of aromatic nitrogens is 2. The van der Waals surface area contributed by atoms with Crippen LogP contribution in [-0.2, 0) is 4.79 Å². The molecule has 1 saturated heterocycles. The molecule has 0 saturated carbocycles. The highest BCUT2D eigenvalue weighted by atomic mass is 19.1. The smallest absolute Gasteiger partial charge is 0.274 e. The van der Waals surface area contributed by atoms with Gasteiger partial charge in [-0.1, -0.05) is 6.07 Å². The first kappa shape index (κ1) is 17.7. The van der Waals surface area contributed by atoms with Crippen LogP contribution in [0.15, 0.2) is 30.3 Å². The lowest BCUT2D eigenvalue weighted by molar-refractivity contribution is -0.130. The quantitative estimate of drug-likeness (QED) is 0.902. The zero-order valence-electron chi connectivity index (χ0n) is 14.1. The number of amides is 2. The monoisotopic (exact) mass is 361 g/mol. The van der Waals surface area contributed by atoms with E-state index >= 15 is 0 Å². The highest BCUT2D eigenvalue weighted by molar-refractivity contribution is 5.92. The van der Waals surface area contributed by atoms with Gasteiger partial charge < -0.3 is 15.1 Å². The zero-order chi connectivity index (χ0) is 18.7. The van der Waals surface area contributed by atoms with E-state index in [4.69, 9.17) is 0 Å². The highest BCUT2D eigenvalue weighted by Gasteiger charge is 2.24. The van der Waals surface area contributed by atoms with E-state index in [0.29, 0.717) is 26.2 Å². The van der Waals surface area contributed by atoms with Crippen LogP contribution in [0.2, 0.25) is 0 Å². The van der Waals surface area contributed by atoms with Crippen LogP contribution >= 0.6 is 0 Å². The predicted octanol–water partition coefficient (Wildman–Crippen LogP) is 1.80. The van der Waals surface area contributed by atoms with E-state index in [1.54, 1.807) is 9.80 Å². The first-order valence-electron chi connectivity index (χ1n) is 8.05. The lowest BCUT2D eigenvalue weighted by atomic mass is 10.2. The molecule has 2 heterocycles. The lowest BCUT2D eigenvalue weighted by Crippen LogP contribution is -2.50. The molecule has 9 heteroatoms. The molecule has 2 aromatic rings. The average molecular weight is 361 g/mol. The molecule has 1 aliphatic heterocycles. The van der Waals surface area contributed by atoms with Gasteiger partial charge in [0.2, 0.25) is 5.91 Å². The van der Waals surface area contributed by atoms with Crippen LogP contribution in [0.3, 0.4) is 0 Å². The van der Waals surface area contributed by atoms with E-state index in [1.807, 2.05) is 0 Å². The minimum absolute atomic E-state index is 0.0207. The number of rotatable bonds is 3. The molecule has 1 N–H and O–H groups in total. The summed E-state index contributed by atoms with van der Waals surface area (Å²) in [5.74, 6) is -1.71. The van der Waals surface area contributed by atoms with Gasteiger partial charge in [0, 0.05) is 33.1 Å². The van der Waals surface area contributed by atoms with Crippen molar-refractivity contribution >= 4 is 23.3 Å². The number of carbonyl (C=O) groups excluding carboxylic acids is 2. The standard InChI is InChI=1S/C17H17F2N5O2/c1-11(25)23-7-9-24(10-8-23)17(26)14-5-6-15(22-21-14)20-16-12(18)3-2-4-13(16)19/h2-6H,7-10H2,1H3,(H,20,22). The number of nitrogens with one attached hydrogen (secondary N) is 1. The molecule has 1 aromatic heterocycles. The van der Waals surface area contributed by atoms with Crippen molar-refractivity contribution in [3.05, 3.63) is 47.7 Å².